The molecule has 2 aromatic carbocycles. The fourth-order valence-corrected chi connectivity index (χ4v) is 4.74. The first-order valence-corrected chi connectivity index (χ1v) is 11.4. The minimum atomic E-state index is -3.99. The van der Waals surface area contributed by atoms with E-state index in [4.69, 9.17) is 9.47 Å². The highest BCUT2D eigenvalue weighted by Gasteiger charge is 2.28. The van der Waals surface area contributed by atoms with Gasteiger partial charge in [-0.1, -0.05) is 12.1 Å². The van der Waals surface area contributed by atoms with Gasteiger partial charge in [-0.2, -0.15) is 10.2 Å². The van der Waals surface area contributed by atoms with Gasteiger partial charge in [0.2, 0.25) is 0 Å². The predicted molar refractivity (Wildman–Crippen MR) is 122 cm³/mol. The molecule has 0 saturated carbocycles. The van der Waals surface area contributed by atoms with Crippen LogP contribution >= 0.6 is 0 Å². The van der Waals surface area contributed by atoms with Crippen LogP contribution in [0.15, 0.2) is 65.8 Å². The Morgan fingerprint density at radius 1 is 1.12 bits per heavy atom. The lowest BCUT2D eigenvalue weighted by Gasteiger charge is -2.25. The molecule has 3 aromatic rings. The number of hydrogen-bond donors (Lipinski definition) is 2. The molecule has 9 nitrogen and oxygen atoms in total. The van der Waals surface area contributed by atoms with Gasteiger partial charge in [0.25, 0.3) is 10.0 Å². The maximum atomic E-state index is 13.4. The van der Waals surface area contributed by atoms with Crippen molar-refractivity contribution in [3.8, 4) is 11.5 Å². The summed E-state index contributed by atoms with van der Waals surface area (Å²) in [6.07, 6.45) is 3.20. The highest BCUT2D eigenvalue weighted by atomic mass is 32.2. The molecule has 0 fully saturated rings. The van der Waals surface area contributed by atoms with Gasteiger partial charge in [-0.15, -0.1) is 0 Å². The number of aliphatic hydroxyl groups is 1. The molecule has 0 aliphatic heterocycles. The van der Waals surface area contributed by atoms with Gasteiger partial charge in [0.05, 0.1) is 44.0 Å². The zero-order valence-electron chi connectivity index (χ0n) is 17.9. The van der Waals surface area contributed by atoms with E-state index in [1.165, 1.54) is 13.2 Å². The fraction of sp³-hybridized carbons (Fsp3) is 0.273. The SMILES string of the molecule is COc1ccccc1S(=O)(=O)N(CCO)c1cc(C)cc(OCCNc2ccnnc2)c1. The van der Waals surface area contributed by atoms with Crippen LogP contribution in [-0.2, 0) is 10.0 Å². The Balaban J connectivity index is 1.81. The minimum absolute atomic E-state index is 0.0232. The van der Waals surface area contributed by atoms with Gasteiger partial charge < -0.3 is 19.9 Å². The molecule has 0 unspecified atom stereocenters. The maximum Gasteiger partial charge on any atom is 0.268 e. The van der Waals surface area contributed by atoms with Gasteiger partial charge in [0, 0.05) is 12.6 Å². The lowest BCUT2D eigenvalue weighted by Crippen LogP contribution is -2.34. The molecule has 0 atom stereocenters. The van der Waals surface area contributed by atoms with Crippen LogP contribution in [0.3, 0.4) is 0 Å². The van der Waals surface area contributed by atoms with E-state index in [2.05, 4.69) is 15.5 Å². The van der Waals surface area contributed by atoms with E-state index < -0.39 is 10.0 Å². The standard InChI is InChI=1S/C22H26N4O5S/c1-17-13-19(15-20(14-17)31-12-9-23-18-7-8-24-25-16-18)26(10-11-27)32(28,29)22-6-4-3-5-21(22)30-2/h3-8,13-16,27H,9-12H2,1-2H3,(H,23,24). The van der Waals surface area contributed by atoms with E-state index in [9.17, 15) is 13.5 Å². The van der Waals surface area contributed by atoms with E-state index in [-0.39, 0.29) is 23.8 Å². The van der Waals surface area contributed by atoms with Crippen LogP contribution in [0.4, 0.5) is 11.4 Å². The lowest BCUT2D eigenvalue weighted by molar-refractivity contribution is 0.306. The summed E-state index contributed by atoms with van der Waals surface area (Å²) < 4.78 is 39.1. The summed E-state index contributed by atoms with van der Waals surface area (Å²) in [6.45, 7) is 2.27. The number of aryl methyl sites for hydroxylation is 1. The number of rotatable bonds is 11. The molecule has 0 bridgehead atoms. The molecule has 0 amide bonds. The number of para-hydroxylation sites is 1. The third-order valence-corrected chi connectivity index (χ3v) is 6.41. The third kappa shape index (κ3) is 5.65. The number of methoxy groups -OCH3 is 1. The molecule has 1 heterocycles. The van der Waals surface area contributed by atoms with Gasteiger partial charge in [0.1, 0.15) is 23.0 Å². The molecule has 170 valence electrons. The summed E-state index contributed by atoms with van der Waals surface area (Å²) >= 11 is 0. The third-order valence-electron chi connectivity index (χ3n) is 4.55. The van der Waals surface area contributed by atoms with Crippen molar-refractivity contribution in [1.82, 2.24) is 10.2 Å². The molecule has 0 aliphatic carbocycles. The van der Waals surface area contributed by atoms with E-state index >= 15 is 0 Å². The van der Waals surface area contributed by atoms with Gasteiger partial charge in [-0.25, -0.2) is 8.42 Å². The molecular weight excluding hydrogens is 432 g/mol. The van der Waals surface area contributed by atoms with Gasteiger partial charge in [0.15, 0.2) is 0 Å². The lowest BCUT2D eigenvalue weighted by atomic mass is 10.2. The quantitative estimate of drug-likeness (QED) is 0.421. The fourth-order valence-electron chi connectivity index (χ4n) is 3.14. The Morgan fingerprint density at radius 3 is 2.66 bits per heavy atom. The normalized spacial score (nSPS) is 11.1. The van der Waals surface area contributed by atoms with E-state index in [1.807, 2.05) is 13.0 Å². The molecule has 1 aromatic heterocycles. The Morgan fingerprint density at radius 2 is 1.94 bits per heavy atom. The number of aliphatic hydroxyl groups excluding tert-OH is 1. The van der Waals surface area contributed by atoms with Crippen molar-refractivity contribution in [2.45, 2.75) is 11.8 Å². The summed E-state index contributed by atoms with van der Waals surface area (Å²) in [5.74, 6) is 0.754. The molecule has 0 aliphatic rings. The van der Waals surface area contributed by atoms with Crippen LogP contribution in [0, 0.1) is 6.92 Å². The smallest absolute Gasteiger partial charge is 0.268 e. The molecular formula is C22H26N4O5S. The summed E-state index contributed by atoms with van der Waals surface area (Å²) in [4.78, 5) is 0.0232. The predicted octanol–water partition coefficient (Wildman–Crippen LogP) is 2.47. The van der Waals surface area contributed by atoms with Gasteiger partial charge >= 0.3 is 0 Å². The van der Waals surface area contributed by atoms with Crippen molar-refractivity contribution >= 4 is 21.4 Å². The van der Waals surface area contributed by atoms with Crippen molar-refractivity contribution in [2.75, 3.05) is 43.0 Å². The van der Waals surface area contributed by atoms with Crippen molar-refractivity contribution < 1.29 is 23.0 Å². The Kier molecular flexibility index (Phi) is 7.85. The second-order valence-electron chi connectivity index (χ2n) is 6.86. The number of hydrogen-bond acceptors (Lipinski definition) is 8. The van der Waals surface area contributed by atoms with Crippen molar-refractivity contribution in [2.24, 2.45) is 0 Å². The minimum Gasteiger partial charge on any atom is -0.495 e. The highest BCUT2D eigenvalue weighted by Crippen LogP contribution is 2.32. The van der Waals surface area contributed by atoms with Crippen molar-refractivity contribution in [3.05, 3.63) is 66.5 Å². The maximum absolute atomic E-state index is 13.4. The largest absolute Gasteiger partial charge is 0.495 e. The summed E-state index contributed by atoms with van der Waals surface area (Å²) in [7, 11) is -2.57. The number of sulfonamides is 1. The monoisotopic (exact) mass is 458 g/mol. The number of nitrogens with one attached hydrogen (secondary N) is 1. The summed E-state index contributed by atoms with van der Waals surface area (Å²) in [5.41, 5.74) is 2.04. The summed E-state index contributed by atoms with van der Waals surface area (Å²) in [5, 5.41) is 20.3. The van der Waals surface area contributed by atoms with Crippen LogP contribution in [-0.4, -0.2) is 57.1 Å². The van der Waals surface area contributed by atoms with Crippen LogP contribution < -0.4 is 19.1 Å². The van der Waals surface area contributed by atoms with Crippen molar-refractivity contribution in [1.29, 1.82) is 0 Å². The second-order valence-corrected chi connectivity index (χ2v) is 8.69. The van der Waals surface area contributed by atoms with Crippen LogP contribution in [0.2, 0.25) is 0 Å². The molecule has 0 saturated heterocycles. The van der Waals surface area contributed by atoms with Gasteiger partial charge in [-0.05, 0) is 42.8 Å². The number of ether oxygens (including phenoxy) is 2. The highest BCUT2D eigenvalue weighted by molar-refractivity contribution is 7.93. The van der Waals surface area contributed by atoms with Crippen LogP contribution in [0.1, 0.15) is 5.56 Å². The Labute approximate surface area is 187 Å². The zero-order chi connectivity index (χ0) is 23.0. The van der Waals surface area contributed by atoms with E-state index in [1.54, 1.807) is 48.8 Å². The first-order chi connectivity index (χ1) is 15.5. The molecule has 2 N–H and O–H groups in total. The molecule has 0 radical (unpaired) electrons. The first kappa shape index (κ1) is 23.3. The molecule has 32 heavy (non-hydrogen) atoms. The number of anilines is 2. The molecule has 3 rings (SSSR count). The van der Waals surface area contributed by atoms with Crippen molar-refractivity contribution in [3.63, 3.8) is 0 Å². The zero-order valence-corrected chi connectivity index (χ0v) is 18.7. The average Bonchev–Trinajstić information content (AvgIpc) is 2.80. The van der Waals surface area contributed by atoms with E-state index in [0.717, 1.165) is 15.6 Å². The second kappa shape index (κ2) is 10.8. The Hall–Kier alpha value is -3.37. The number of nitrogens with zero attached hydrogens (tertiary/aromatic N) is 3. The number of benzene rings is 2. The number of aromatic nitrogens is 2. The average molecular weight is 459 g/mol. The first-order valence-electron chi connectivity index (χ1n) is 9.97. The molecule has 10 heteroatoms. The van der Waals surface area contributed by atoms with Crippen LogP contribution in [0.25, 0.3) is 0 Å². The van der Waals surface area contributed by atoms with Gasteiger partial charge in [-0.3, -0.25) is 4.31 Å². The molecule has 0 spiro atoms. The van der Waals surface area contributed by atoms with E-state index in [0.29, 0.717) is 24.6 Å². The topological polar surface area (TPSA) is 114 Å². The summed E-state index contributed by atoms with van der Waals surface area (Å²) in [6, 6.07) is 13.4. The van der Waals surface area contributed by atoms with Crippen LogP contribution in [0.5, 0.6) is 11.5 Å². The Bertz CT molecular complexity index is 1130.